The Morgan fingerprint density at radius 1 is 1.23 bits per heavy atom. The van der Waals surface area contributed by atoms with E-state index < -0.39 is 0 Å². The SMILES string of the molecule is CCCCNC(N)=NCc1ccc(CN2CCOCC2)cc1. The lowest BCUT2D eigenvalue weighted by Gasteiger charge is -2.26. The van der Waals surface area contributed by atoms with Crippen LogP contribution in [0.5, 0.6) is 0 Å². The number of hydrogen-bond donors (Lipinski definition) is 2. The molecule has 2 rings (SSSR count). The van der Waals surface area contributed by atoms with Crippen LogP contribution in [0.4, 0.5) is 0 Å². The van der Waals surface area contributed by atoms with Crippen molar-refractivity contribution in [3.63, 3.8) is 0 Å². The highest BCUT2D eigenvalue weighted by atomic mass is 16.5. The number of guanidine groups is 1. The van der Waals surface area contributed by atoms with Crippen LogP contribution in [-0.4, -0.2) is 43.7 Å². The van der Waals surface area contributed by atoms with Crippen LogP contribution in [0.1, 0.15) is 30.9 Å². The first-order valence-electron chi connectivity index (χ1n) is 8.19. The molecule has 1 saturated heterocycles. The number of aliphatic imine (C=N–C) groups is 1. The first-order valence-corrected chi connectivity index (χ1v) is 8.19. The zero-order valence-electron chi connectivity index (χ0n) is 13.6. The molecular formula is C17H28N4O. The molecule has 0 aliphatic carbocycles. The van der Waals surface area contributed by atoms with Gasteiger partial charge in [0.2, 0.25) is 0 Å². The largest absolute Gasteiger partial charge is 0.379 e. The molecule has 122 valence electrons. The van der Waals surface area contributed by atoms with Gasteiger partial charge in [-0.25, -0.2) is 4.99 Å². The quantitative estimate of drug-likeness (QED) is 0.457. The molecule has 1 heterocycles. The third-order valence-corrected chi connectivity index (χ3v) is 3.80. The van der Waals surface area contributed by atoms with Crippen molar-refractivity contribution in [1.29, 1.82) is 0 Å². The van der Waals surface area contributed by atoms with Crippen LogP contribution in [0, 0.1) is 0 Å². The Morgan fingerprint density at radius 3 is 2.59 bits per heavy atom. The maximum atomic E-state index is 5.84. The van der Waals surface area contributed by atoms with E-state index in [1.165, 1.54) is 11.1 Å². The number of unbranched alkanes of at least 4 members (excludes halogenated alkanes) is 1. The minimum absolute atomic E-state index is 0.533. The lowest BCUT2D eigenvalue weighted by atomic mass is 10.1. The summed E-state index contributed by atoms with van der Waals surface area (Å²) >= 11 is 0. The molecule has 1 aromatic rings. The van der Waals surface area contributed by atoms with Gasteiger partial charge in [0.05, 0.1) is 19.8 Å². The maximum absolute atomic E-state index is 5.84. The van der Waals surface area contributed by atoms with Crippen molar-refractivity contribution < 1.29 is 4.74 Å². The summed E-state index contributed by atoms with van der Waals surface area (Å²) in [5.74, 6) is 0.533. The zero-order valence-corrected chi connectivity index (χ0v) is 13.6. The second kappa shape index (κ2) is 9.43. The number of benzene rings is 1. The number of nitrogens with two attached hydrogens (primary N) is 1. The van der Waals surface area contributed by atoms with Crippen molar-refractivity contribution in [3.05, 3.63) is 35.4 Å². The van der Waals surface area contributed by atoms with Gasteiger partial charge in [-0.1, -0.05) is 37.6 Å². The molecule has 3 N–H and O–H groups in total. The van der Waals surface area contributed by atoms with Gasteiger partial charge in [0, 0.05) is 26.2 Å². The van der Waals surface area contributed by atoms with Crippen molar-refractivity contribution in [2.45, 2.75) is 32.9 Å². The fraction of sp³-hybridized carbons (Fsp3) is 0.588. The van der Waals surface area contributed by atoms with Crippen LogP contribution in [0.3, 0.4) is 0 Å². The average molecular weight is 304 g/mol. The van der Waals surface area contributed by atoms with Crippen LogP contribution >= 0.6 is 0 Å². The van der Waals surface area contributed by atoms with Gasteiger partial charge in [-0.15, -0.1) is 0 Å². The number of nitrogens with one attached hydrogen (secondary N) is 1. The van der Waals surface area contributed by atoms with E-state index in [1.807, 2.05) is 0 Å². The number of ether oxygens (including phenoxy) is 1. The van der Waals surface area contributed by atoms with E-state index >= 15 is 0 Å². The third-order valence-electron chi connectivity index (χ3n) is 3.80. The second-order valence-electron chi connectivity index (χ2n) is 5.69. The van der Waals surface area contributed by atoms with Crippen molar-refractivity contribution in [2.24, 2.45) is 10.7 Å². The molecule has 0 saturated carbocycles. The van der Waals surface area contributed by atoms with E-state index in [1.54, 1.807) is 0 Å². The van der Waals surface area contributed by atoms with Gasteiger partial charge in [0.25, 0.3) is 0 Å². The normalized spacial score (nSPS) is 16.7. The summed E-state index contributed by atoms with van der Waals surface area (Å²) in [7, 11) is 0. The van der Waals surface area contributed by atoms with E-state index in [9.17, 15) is 0 Å². The monoisotopic (exact) mass is 304 g/mol. The van der Waals surface area contributed by atoms with Crippen LogP contribution in [0.2, 0.25) is 0 Å². The summed E-state index contributed by atoms with van der Waals surface area (Å²) in [5, 5.41) is 3.13. The zero-order chi connectivity index (χ0) is 15.6. The second-order valence-corrected chi connectivity index (χ2v) is 5.69. The lowest BCUT2D eigenvalue weighted by molar-refractivity contribution is 0.0342. The molecule has 0 aromatic heterocycles. The molecule has 5 heteroatoms. The van der Waals surface area contributed by atoms with Crippen molar-refractivity contribution in [2.75, 3.05) is 32.8 Å². The van der Waals surface area contributed by atoms with Gasteiger partial charge in [0.15, 0.2) is 5.96 Å². The van der Waals surface area contributed by atoms with Gasteiger partial charge >= 0.3 is 0 Å². The molecule has 0 radical (unpaired) electrons. The molecule has 1 aromatic carbocycles. The van der Waals surface area contributed by atoms with Gasteiger partial charge in [-0.2, -0.15) is 0 Å². The molecule has 0 atom stereocenters. The third kappa shape index (κ3) is 6.03. The van der Waals surface area contributed by atoms with E-state index in [4.69, 9.17) is 10.5 Å². The topological polar surface area (TPSA) is 62.9 Å². The smallest absolute Gasteiger partial charge is 0.188 e. The van der Waals surface area contributed by atoms with Crippen molar-refractivity contribution in [1.82, 2.24) is 10.2 Å². The lowest BCUT2D eigenvalue weighted by Crippen LogP contribution is -2.35. The van der Waals surface area contributed by atoms with Gasteiger partial charge in [-0.3, -0.25) is 4.90 Å². The highest BCUT2D eigenvalue weighted by Gasteiger charge is 2.10. The summed E-state index contributed by atoms with van der Waals surface area (Å²) in [6.45, 7) is 8.40. The molecule has 5 nitrogen and oxygen atoms in total. The Morgan fingerprint density at radius 2 is 1.91 bits per heavy atom. The van der Waals surface area contributed by atoms with Crippen LogP contribution in [0.15, 0.2) is 29.3 Å². The Balaban J connectivity index is 1.77. The minimum Gasteiger partial charge on any atom is -0.379 e. The minimum atomic E-state index is 0.533. The highest BCUT2D eigenvalue weighted by molar-refractivity contribution is 5.77. The maximum Gasteiger partial charge on any atom is 0.188 e. The number of hydrogen-bond acceptors (Lipinski definition) is 3. The molecule has 1 aliphatic rings. The van der Waals surface area contributed by atoms with Crippen molar-refractivity contribution >= 4 is 5.96 Å². The van der Waals surface area contributed by atoms with Gasteiger partial charge in [-0.05, 0) is 17.5 Å². The predicted molar refractivity (Wildman–Crippen MR) is 90.8 cm³/mol. The Bertz CT molecular complexity index is 452. The molecule has 0 spiro atoms. The van der Waals surface area contributed by atoms with E-state index in [-0.39, 0.29) is 0 Å². The number of morpholine rings is 1. The molecule has 22 heavy (non-hydrogen) atoms. The molecular weight excluding hydrogens is 276 g/mol. The van der Waals surface area contributed by atoms with Crippen LogP contribution < -0.4 is 11.1 Å². The van der Waals surface area contributed by atoms with E-state index in [0.29, 0.717) is 12.5 Å². The summed E-state index contributed by atoms with van der Waals surface area (Å²) in [5.41, 5.74) is 8.36. The summed E-state index contributed by atoms with van der Waals surface area (Å²) in [6, 6.07) is 8.64. The molecule has 1 fully saturated rings. The number of rotatable bonds is 7. The van der Waals surface area contributed by atoms with E-state index in [2.05, 4.69) is 46.4 Å². The van der Waals surface area contributed by atoms with Crippen LogP contribution in [0.25, 0.3) is 0 Å². The number of nitrogens with zero attached hydrogens (tertiary/aromatic N) is 2. The average Bonchev–Trinajstić information content (AvgIpc) is 2.55. The fourth-order valence-electron chi connectivity index (χ4n) is 2.39. The van der Waals surface area contributed by atoms with Gasteiger partial charge < -0.3 is 15.8 Å². The summed E-state index contributed by atoms with van der Waals surface area (Å²) < 4.78 is 5.37. The summed E-state index contributed by atoms with van der Waals surface area (Å²) in [4.78, 5) is 6.79. The predicted octanol–water partition coefficient (Wildman–Crippen LogP) is 1.72. The fourth-order valence-corrected chi connectivity index (χ4v) is 2.39. The molecule has 0 bridgehead atoms. The first kappa shape index (κ1) is 16.8. The van der Waals surface area contributed by atoms with Crippen molar-refractivity contribution in [3.8, 4) is 0 Å². The first-order chi connectivity index (χ1) is 10.8. The standard InChI is InChI=1S/C17H28N4O/c1-2-3-8-19-17(18)20-13-15-4-6-16(7-5-15)14-21-9-11-22-12-10-21/h4-7H,2-3,8-14H2,1H3,(H3,18,19,20). The summed E-state index contributed by atoms with van der Waals surface area (Å²) in [6.07, 6.45) is 2.28. The highest BCUT2D eigenvalue weighted by Crippen LogP contribution is 2.09. The Labute approximate surface area is 133 Å². The molecule has 0 amide bonds. The Hall–Kier alpha value is -1.59. The van der Waals surface area contributed by atoms with E-state index in [0.717, 1.165) is 52.2 Å². The molecule has 1 aliphatic heterocycles. The van der Waals surface area contributed by atoms with Gasteiger partial charge in [0.1, 0.15) is 0 Å². The Kier molecular flexibility index (Phi) is 7.19. The molecule has 0 unspecified atom stereocenters. The van der Waals surface area contributed by atoms with Crippen LogP contribution in [-0.2, 0) is 17.8 Å².